The number of benzene rings is 1. The largest absolute Gasteiger partial charge is 0.477 e. The van der Waals surface area contributed by atoms with Gasteiger partial charge in [-0.1, -0.05) is 39.8 Å². The standard InChI is InChI=1S/C23H30N2O2/c1-14-10-17-18(23(5,6)9-8-22(17,3)4)12-16(14)15(2)11-20-24-13-19(21(26)27)25(20)7/h10-13H,8-9H2,1-7H3,(H,26,27)/b15-11-. The maximum atomic E-state index is 11.3. The molecule has 4 heteroatoms. The number of nitrogens with zero attached hydrogens (tertiary/aromatic N) is 2. The van der Waals surface area contributed by atoms with Crippen molar-refractivity contribution in [2.24, 2.45) is 7.05 Å². The second-order valence-electron chi connectivity index (χ2n) is 9.17. The molecular weight excluding hydrogens is 336 g/mol. The summed E-state index contributed by atoms with van der Waals surface area (Å²) in [6, 6.07) is 4.70. The van der Waals surface area contributed by atoms with Gasteiger partial charge in [0.2, 0.25) is 0 Å². The van der Waals surface area contributed by atoms with Crippen molar-refractivity contribution in [2.75, 3.05) is 0 Å². The Kier molecular flexibility index (Phi) is 4.57. The molecule has 0 bridgehead atoms. The topological polar surface area (TPSA) is 55.1 Å². The molecule has 1 N–H and O–H groups in total. The Hall–Kier alpha value is -2.36. The van der Waals surface area contributed by atoms with Crippen LogP contribution in [-0.4, -0.2) is 20.6 Å². The van der Waals surface area contributed by atoms with Crippen LogP contribution < -0.4 is 0 Å². The van der Waals surface area contributed by atoms with Gasteiger partial charge in [-0.25, -0.2) is 9.78 Å². The molecule has 0 spiro atoms. The molecule has 0 aliphatic heterocycles. The number of carboxylic acid groups (broad SMARTS) is 1. The lowest BCUT2D eigenvalue weighted by Gasteiger charge is -2.42. The van der Waals surface area contributed by atoms with Gasteiger partial charge in [-0.15, -0.1) is 0 Å². The van der Waals surface area contributed by atoms with Crippen LogP contribution >= 0.6 is 0 Å². The first-order valence-corrected chi connectivity index (χ1v) is 9.53. The third-order valence-corrected chi connectivity index (χ3v) is 6.21. The number of hydrogen-bond donors (Lipinski definition) is 1. The van der Waals surface area contributed by atoms with E-state index in [0.717, 1.165) is 5.57 Å². The Balaban J connectivity index is 2.11. The number of aromatic carboxylic acids is 1. The van der Waals surface area contributed by atoms with Crippen molar-refractivity contribution in [1.29, 1.82) is 0 Å². The Morgan fingerprint density at radius 1 is 1.15 bits per heavy atom. The summed E-state index contributed by atoms with van der Waals surface area (Å²) in [5.41, 5.74) is 6.99. The van der Waals surface area contributed by atoms with E-state index in [1.54, 1.807) is 11.6 Å². The van der Waals surface area contributed by atoms with Crippen LogP contribution in [-0.2, 0) is 17.9 Å². The number of aromatic nitrogens is 2. The van der Waals surface area contributed by atoms with E-state index >= 15 is 0 Å². The van der Waals surface area contributed by atoms with Crippen LogP contribution in [0.3, 0.4) is 0 Å². The van der Waals surface area contributed by atoms with Crippen LogP contribution in [0.15, 0.2) is 18.3 Å². The highest BCUT2D eigenvalue weighted by Crippen LogP contribution is 2.47. The lowest BCUT2D eigenvalue weighted by atomic mass is 9.62. The van der Waals surface area contributed by atoms with E-state index in [9.17, 15) is 9.90 Å². The maximum Gasteiger partial charge on any atom is 0.354 e. The van der Waals surface area contributed by atoms with Gasteiger partial charge in [-0.05, 0) is 71.4 Å². The monoisotopic (exact) mass is 366 g/mol. The van der Waals surface area contributed by atoms with Crippen molar-refractivity contribution in [3.63, 3.8) is 0 Å². The molecule has 1 heterocycles. The molecule has 0 fully saturated rings. The van der Waals surface area contributed by atoms with Crippen LogP contribution in [0, 0.1) is 6.92 Å². The second-order valence-corrected chi connectivity index (χ2v) is 9.17. The van der Waals surface area contributed by atoms with Gasteiger partial charge in [0.25, 0.3) is 0 Å². The van der Waals surface area contributed by atoms with E-state index in [0.29, 0.717) is 5.82 Å². The number of carbonyl (C=O) groups is 1. The highest BCUT2D eigenvalue weighted by atomic mass is 16.4. The van der Waals surface area contributed by atoms with Gasteiger partial charge in [-0.3, -0.25) is 0 Å². The lowest BCUT2D eigenvalue weighted by Crippen LogP contribution is -2.34. The van der Waals surface area contributed by atoms with Gasteiger partial charge in [0.05, 0.1) is 6.20 Å². The number of fused-ring (bicyclic) bond motifs is 1. The molecule has 27 heavy (non-hydrogen) atoms. The minimum atomic E-state index is -0.962. The third kappa shape index (κ3) is 3.33. The van der Waals surface area contributed by atoms with E-state index < -0.39 is 5.97 Å². The van der Waals surface area contributed by atoms with E-state index in [2.05, 4.69) is 58.7 Å². The summed E-state index contributed by atoms with van der Waals surface area (Å²) in [5.74, 6) is -0.308. The average Bonchev–Trinajstić information content (AvgIpc) is 2.92. The molecule has 0 radical (unpaired) electrons. The van der Waals surface area contributed by atoms with Crippen molar-refractivity contribution < 1.29 is 9.90 Å². The molecule has 4 nitrogen and oxygen atoms in total. The Labute approximate surface area is 161 Å². The molecule has 0 saturated carbocycles. The fourth-order valence-electron chi connectivity index (χ4n) is 4.18. The van der Waals surface area contributed by atoms with Gasteiger partial charge >= 0.3 is 5.97 Å². The predicted molar refractivity (Wildman–Crippen MR) is 110 cm³/mol. The molecule has 0 amide bonds. The van der Waals surface area contributed by atoms with Crippen LogP contribution in [0.2, 0.25) is 0 Å². The van der Waals surface area contributed by atoms with E-state index in [4.69, 9.17) is 0 Å². The van der Waals surface area contributed by atoms with Gasteiger partial charge < -0.3 is 9.67 Å². The van der Waals surface area contributed by atoms with Crippen molar-refractivity contribution in [2.45, 2.75) is 65.2 Å². The van der Waals surface area contributed by atoms with Crippen LogP contribution in [0.5, 0.6) is 0 Å². The molecule has 1 aliphatic rings. The number of carboxylic acids is 1. The second kappa shape index (κ2) is 6.36. The Morgan fingerprint density at radius 2 is 1.70 bits per heavy atom. The van der Waals surface area contributed by atoms with E-state index in [1.165, 1.54) is 41.3 Å². The zero-order valence-corrected chi connectivity index (χ0v) is 17.5. The van der Waals surface area contributed by atoms with Gasteiger partial charge in [-0.2, -0.15) is 0 Å². The minimum absolute atomic E-state index is 0.160. The quantitative estimate of drug-likeness (QED) is 0.798. The summed E-state index contributed by atoms with van der Waals surface area (Å²) >= 11 is 0. The predicted octanol–water partition coefficient (Wildman–Crippen LogP) is 5.34. The maximum absolute atomic E-state index is 11.3. The molecule has 0 unspecified atom stereocenters. The minimum Gasteiger partial charge on any atom is -0.477 e. The molecule has 1 aromatic carbocycles. The highest BCUT2D eigenvalue weighted by Gasteiger charge is 2.37. The number of hydrogen-bond acceptors (Lipinski definition) is 2. The van der Waals surface area contributed by atoms with Gasteiger partial charge in [0.1, 0.15) is 11.5 Å². The number of allylic oxidation sites excluding steroid dienone is 1. The first-order valence-electron chi connectivity index (χ1n) is 9.53. The normalized spacial score (nSPS) is 18.3. The summed E-state index contributed by atoms with van der Waals surface area (Å²) in [6.45, 7) is 13.6. The summed E-state index contributed by atoms with van der Waals surface area (Å²) in [7, 11) is 1.74. The van der Waals surface area contributed by atoms with Gasteiger partial charge in [0.15, 0.2) is 0 Å². The first-order chi connectivity index (χ1) is 12.4. The number of aryl methyl sites for hydroxylation is 1. The van der Waals surface area contributed by atoms with Crippen molar-refractivity contribution in [3.05, 3.63) is 52.1 Å². The smallest absolute Gasteiger partial charge is 0.354 e. The number of rotatable bonds is 3. The Morgan fingerprint density at radius 3 is 2.22 bits per heavy atom. The molecule has 1 aliphatic carbocycles. The van der Waals surface area contributed by atoms with E-state index in [-0.39, 0.29) is 16.5 Å². The zero-order chi connectivity index (χ0) is 20.1. The fraction of sp³-hybridized carbons (Fsp3) is 0.478. The molecular formula is C23H30N2O2. The zero-order valence-electron chi connectivity index (χ0n) is 17.5. The first kappa shape index (κ1) is 19.4. The highest BCUT2D eigenvalue weighted by molar-refractivity contribution is 5.87. The number of imidazole rings is 1. The third-order valence-electron chi connectivity index (χ3n) is 6.21. The summed E-state index contributed by atoms with van der Waals surface area (Å²) in [5, 5.41) is 9.23. The molecule has 0 atom stereocenters. The van der Waals surface area contributed by atoms with Gasteiger partial charge in [0, 0.05) is 7.05 Å². The SMILES string of the molecule is C/C(=C/c1ncc(C(=O)O)n1C)c1cc2c(cc1C)C(C)(C)CCC2(C)C. The fourth-order valence-corrected chi connectivity index (χ4v) is 4.18. The van der Waals surface area contributed by atoms with Crippen molar-refractivity contribution >= 4 is 17.6 Å². The summed E-state index contributed by atoms with van der Waals surface area (Å²) in [6.07, 6.45) is 5.76. The molecule has 1 aromatic heterocycles. The molecule has 144 valence electrons. The Bertz CT molecular complexity index is 946. The molecule has 3 rings (SSSR count). The van der Waals surface area contributed by atoms with E-state index in [1.807, 2.05) is 6.08 Å². The summed E-state index contributed by atoms with van der Waals surface area (Å²) < 4.78 is 1.62. The summed E-state index contributed by atoms with van der Waals surface area (Å²) in [4.78, 5) is 15.5. The van der Waals surface area contributed by atoms with Crippen LogP contribution in [0.4, 0.5) is 0 Å². The van der Waals surface area contributed by atoms with Crippen LogP contribution in [0.1, 0.15) is 86.0 Å². The van der Waals surface area contributed by atoms with Crippen molar-refractivity contribution in [3.8, 4) is 0 Å². The van der Waals surface area contributed by atoms with Crippen LogP contribution in [0.25, 0.3) is 11.6 Å². The molecule has 0 saturated heterocycles. The average molecular weight is 367 g/mol. The van der Waals surface area contributed by atoms with Crippen molar-refractivity contribution in [1.82, 2.24) is 9.55 Å². The lowest BCUT2D eigenvalue weighted by molar-refractivity contribution is 0.0686. The molecule has 2 aromatic rings.